The van der Waals surface area contributed by atoms with Crippen molar-refractivity contribution in [3.05, 3.63) is 53.3 Å². The number of methoxy groups -OCH3 is 1. The topological polar surface area (TPSA) is 61.9 Å². The molecule has 2 aromatic rings. The van der Waals surface area contributed by atoms with Gasteiger partial charge in [0.15, 0.2) is 0 Å². The third-order valence-corrected chi connectivity index (χ3v) is 6.70. The Balaban J connectivity index is 1.40. The number of ether oxygens (including phenoxy) is 1. The van der Waals surface area contributed by atoms with E-state index >= 15 is 0 Å². The molecule has 0 radical (unpaired) electrons. The van der Waals surface area contributed by atoms with Crippen LogP contribution in [0.1, 0.15) is 6.42 Å². The maximum atomic E-state index is 13.2. The summed E-state index contributed by atoms with van der Waals surface area (Å²) in [7, 11) is -2.04. The molecule has 0 amide bonds. The minimum Gasteiger partial charge on any atom is -0.497 e. The minimum atomic E-state index is -3.69. The smallest absolute Gasteiger partial charge is 0.240 e. The maximum absolute atomic E-state index is 13.2. The molecule has 9 heteroatoms. The molecule has 1 saturated heterocycles. The average molecular weight is 442 g/mol. The molecule has 1 aliphatic heterocycles. The summed E-state index contributed by atoms with van der Waals surface area (Å²) in [6.07, 6.45) is 0.691. The van der Waals surface area contributed by atoms with Gasteiger partial charge in [-0.1, -0.05) is 11.6 Å². The van der Waals surface area contributed by atoms with Crippen molar-refractivity contribution in [1.29, 1.82) is 0 Å². The number of nitrogens with one attached hydrogen (secondary N) is 1. The van der Waals surface area contributed by atoms with E-state index in [1.165, 1.54) is 11.8 Å². The van der Waals surface area contributed by atoms with Crippen LogP contribution in [0.2, 0.25) is 5.02 Å². The summed E-state index contributed by atoms with van der Waals surface area (Å²) in [6.45, 7) is 4.82. The number of nitrogens with zero attached hydrogens (tertiary/aromatic N) is 2. The van der Waals surface area contributed by atoms with Crippen LogP contribution in [-0.2, 0) is 10.0 Å². The first-order valence-corrected chi connectivity index (χ1v) is 11.3. The Morgan fingerprint density at radius 1 is 1.10 bits per heavy atom. The van der Waals surface area contributed by atoms with Gasteiger partial charge in [0, 0.05) is 38.4 Å². The Kier molecular flexibility index (Phi) is 7.34. The molecule has 1 N–H and O–H groups in total. The third-order valence-electron chi connectivity index (χ3n) is 4.95. The van der Waals surface area contributed by atoms with E-state index in [-0.39, 0.29) is 9.92 Å². The van der Waals surface area contributed by atoms with Crippen LogP contribution in [0.4, 0.5) is 10.1 Å². The molecule has 0 aliphatic carbocycles. The minimum absolute atomic E-state index is 0.0306. The Labute approximate surface area is 176 Å². The number of halogens is 2. The zero-order chi connectivity index (χ0) is 20.9. The predicted octanol–water partition coefficient (Wildman–Crippen LogP) is 2.98. The molecule has 1 fully saturated rings. The van der Waals surface area contributed by atoms with E-state index in [1.807, 2.05) is 12.1 Å². The molecular weight excluding hydrogens is 417 g/mol. The number of anilines is 1. The van der Waals surface area contributed by atoms with E-state index in [0.29, 0.717) is 13.0 Å². The van der Waals surface area contributed by atoms with E-state index in [2.05, 4.69) is 26.7 Å². The highest BCUT2D eigenvalue weighted by molar-refractivity contribution is 7.89. The Morgan fingerprint density at radius 2 is 1.79 bits per heavy atom. The summed E-state index contributed by atoms with van der Waals surface area (Å²) in [5, 5.41) is -0.206. The molecular formula is C20H25ClFN3O3S. The first kappa shape index (κ1) is 21.8. The van der Waals surface area contributed by atoms with Gasteiger partial charge in [0.2, 0.25) is 10.0 Å². The van der Waals surface area contributed by atoms with E-state index < -0.39 is 15.8 Å². The second-order valence-corrected chi connectivity index (χ2v) is 9.03. The number of benzene rings is 2. The summed E-state index contributed by atoms with van der Waals surface area (Å²) in [5.74, 6) is 0.206. The van der Waals surface area contributed by atoms with Crippen molar-refractivity contribution in [2.45, 2.75) is 11.3 Å². The Morgan fingerprint density at radius 3 is 2.41 bits per heavy atom. The van der Waals surface area contributed by atoms with Gasteiger partial charge in [-0.25, -0.2) is 17.5 Å². The van der Waals surface area contributed by atoms with Gasteiger partial charge >= 0.3 is 0 Å². The molecule has 0 bridgehead atoms. The summed E-state index contributed by atoms with van der Waals surface area (Å²) in [6, 6.07) is 11.4. The molecule has 0 saturated carbocycles. The van der Waals surface area contributed by atoms with Crippen LogP contribution in [-0.4, -0.2) is 59.7 Å². The molecule has 158 valence electrons. The SMILES string of the molecule is COc1ccc(N2CCN(CCCNS(=O)(=O)c3ccc(F)c(Cl)c3)CC2)cc1. The van der Waals surface area contributed by atoms with Gasteiger partial charge in [-0.05, 0) is 55.4 Å². The largest absolute Gasteiger partial charge is 0.497 e. The summed E-state index contributed by atoms with van der Waals surface area (Å²) < 4.78 is 45.5. The zero-order valence-corrected chi connectivity index (χ0v) is 17.8. The molecule has 2 aromatic carbocycles. The van der Waals surface area contributed by atoms with Crippen molar-refractivity contribution in [1.82, 2.24) is 9.62 Å². The van der Waals surface area contributed by atoms with Gasteiger partial charge in [0.25, 0.3) is 0 Å². The highest BCUT2D eigenvalue weighted by Gasteiger charge is 2.18. The molecule has 1 heterocycles. The van der Waals surface area contributed by atoms with E-state index in [1.54, 1.807) is 7.11 Å². The molecule has 3 rings (SSSR count). The lowest BCUT2D eigenvalue weighted by Crippen LogP contribution is -2.47. The highest BCUT2D eigenvalue weighted by atomic mass is 35.5. The lowest BCUT2D eigenvalue weighted by atomic mass is 10.2. The van der Waals surface area contributed by atoms with Crippen molar-refractivity contribution in [2.24, 2.45) is 0 Å². The van der Waals surface area contributed by atoms with E-state index in [4.69, 9.17) is 16.3 Å². The van der Waals surface area contributed by atoms with Crippen LogP contribution in [0, 0.1) is 5.82 Å². The van der Waals surface area contributed by atoms with Gasteiger partial charge in [0.1, 0.15) is 11.6 Å². The van der Waals surface area contributed by atoms with Gasteiger partial charge in [-0.15, -0.1) is 0 Å². The molecule has 0 spiro atoms. The second kappa shape index (κ2) is 9.75. The van der Waals surface area contributed by atoms with E-state index in [0.717, 1.165) is 50.6 Å². The van der Waals surface area contributed by atoms with Gasteiger partial charge in [-0.2, -0.15) is 0 Å². The van der Waals surface area contributed by atoms with Crippen LogP contribution < -0.4 is 14.4 Å². The Hall–Kier alpha value is -1.87. The van der Waals surface area contributed by atoms with Crippen molar-refractivity contribution < 1.29 is 17.5 Å². The summed E-state index contributed by atoms with van der Waals surface area (Å²) >= 11 is 5.67. The molecule has 0 unspecified atom stereocenters. The highest BCUT2D eigenvalue weighted by Crippen LogP contribution is 2.21. The third kappa shape index (κ3) is 5.82. The van der Waals surface area contributed by atoms with Crippen molar-refractivity contribution >= 4 is 27.3 Å². The molecule has 0 aromatic heterocycles. The number of rotatable bonds is 8. The number of hydrogen-bond donors (Lipinski definition) is 1. The van der Waals surface area contributed by atoms with Crippen LogP contribution in [0.5, 0.6) is 5.75 Å². The molecule has 1 aliphatic rings. The molecule has 6 nitrogen and oxygen atoms in total. The quantitative estimate of drug-likeness (QED) is 0.638. The lowest BCUT2D eigenvalue weighted by Gasteiger charge is -2.36. The standard InChI is InChI=1S/C20H25ClFN3O3S/c1-28-17-5-3-16(4-6-17)25-13-11-24(12-14-25)10-2-9-23-29(26,27)18-7-8-20(22)19(21)15-18/h3-8,15,23H,2,9-14H2,1H3. The van der Waals surface area contributed by atoms with Crippen LogP contribution in [0.3, 0.4) is 0 Å². The fourth-order valence-electron chi connectivity index (χ4n) is 3.26. The van der Waals surface area contributed by atoms with Crippen LogP contribution in [0.25, 0.3) is 0 Å². The summed E-state index contributed by atoms with van der Waals surface area (Å²) in [5.41, 5.74) is 1.18. The molecule has 29 heavy (non-hydrogen) atoms. The van der Waals surface area contributed by atoms with Crippen molar-refractivity contribution in [3.8, 4) is 5.75 Å². The van der Waals surface area contributed by atoms with Crippen LogP contribution in [0.15, 0.2) is 47.4 Å². The van der Waals surface area contributed by atoms with Gasteiger partial charge in [-0.3, -0.25) is 4.90 Å². The normalized spacial score (nSPS) is 15.5. The summed E-state index contributed by atoms with van der Waals surface area (Å²) in [4.78, 5) is 4.62. The first-order chi connectivity index (χ1) is 13.9. The second-order valence-electron chi connectivity index (χ2n) is 6.85. The number of piperazine rings is 1. The van der Waals surface area contributed by atoms with Crippen molar-refractivity contribution in [3.63, 3.8) is 0 Å². The lowest BCUT2D eigenvalue weighted by molar-refractivity contribution is 0.255. The average Bonchev–Trinajstić information content (AvgIpc) is 2.73. The Bertz CT molecular complexity index is 917. The predicted molar refractivity (Wildman–Crippen MR) is 113 cm³/mol. The maximum Gasteiger partial charge on any atom is 0.240 e. The fraction of sp³-hybridized carbons (Fsp3) is 0.400. The van der Waals surface area contributed by atoms with Crippen LogP contribution >= 0.6 is 11.6 Å². The van der Waals surface area contributed by atoms with Gasteiger partial charge < -0.3 is 9.64 Å². The van der Waals surface area contributed by atoms with Gasteiger partial charge in [0.05, 0.1) is 17.0 Å². The first-order valence-electron chi connectivity index (χ1n) is 9.45. The fourth-order valence-corrected chi connectivity index (χ4v) is 4.60. The number of sulfonamides is 1. The van der Waals surface area contributed by atoms with E-state index in [9.17, 15) is 12.8 Å². The zero-order valence-electron chi connectivity index (χ0n) is 16.3. The number of hydrogen-bond acceptors (Lipinski definition) is 5. The van der Waals surface area contributed by atoms with Crippen molar-refractivity contribution in [2.75, 3.05) is 51.3 Å². The monoisotopic (exact) mass is 441 g/mol. The molecule has 0 atom stereocenters.